The topological polar surface area (TPSA) is 96.4 Å². The average molecular weight is 673 g/mol. The molecule has 0 aliphatic heterocycles. The Kier molecular flexibility index (Phi) is 12.5. The predicted molar refractivity (Wildman–Crippen MR) is 203 cm³/mol. The zero-order valence-electron chi connectivity index (χ0n) is 29.9. The minimum absolute atomic E-state index is 0.000858. The number of benzene rings is 3. The van der Waals surface area contributed by atoms with Gasteiger partial charge in [0.1, 0.15) is 5.75 Å². The number of ether oxygens (including phenoxy) is 1. The van der Waals surface area contributed by atoms with Crippen molar-refractivity contribution in [3.63, 3.8) is 0 Å². The normalized spacial score (nSPS) is 14.1. The summed E-state index contributed by atoms with van der Waals surface area (Å²) in [5.41, 5.74) is 6.33. The number of carbonyl (C=O) groups excluding carboxylic acids is 1. The van der Waals surface area contributed by atoms with Crippen LogP contribution in [0.2, 0.25) is 0 Å². The number of rotatable bonds is 15. The van der Waals surface area contributed by atoms with E-state index in [0.29, 0.717) is 36.5 Å². The van der Waals surface area contributed by atoms with Gasteiger partial charge in [-0.3, -0.25) is 4.79 Å². The van der Waals surface area contributed by atoms with E-state index >= 15 is 0 Å². The third-order valence-electron chi connectivity index (χ3n) is 9.52. The maximum Gasteiger partial charge on any atom is 0.251 e. The number of aliphatic hydroxyl groups excluding tert-OH is 1. The Hall–Kier alpha value is -4.91. The van der Waals surface area contributed by atoms with E-state index in [1.165, 1.54) is 37.7 Å². The van der Waals surface area contributed by atoms with Crippen LogP contribution >= 0.6 is 0 Å². The minimum Gasteiger partial charge on any atom is -0.513 e. The van der Waals surface area contributed by atoms with Gasteiger partial charge in [-0.1, -0.05) is 115 Å². The summed E-state index contributed by atoms with van der Waals surface area (Å²) >= 11 is 0. The molecule has 0 bridgehead atoms. The van der Waals surface area contributed by atoms with Crippen LogP contribution in [0.5, 0.6) is 5.75 Å². The molecule has 7 heteroatoms. The predicted octanol–water partition coefficient (Wildman–Crippen LogP) is 9.36. The van der Waals surface area contributed by atoms with Gasteiger partial charge in [0, 0.05) is 47.7 Å². The highest BCUT2D eigenvalue weighted by atomic mass is 16.5. The first kappa shape index (κ1) is 36.4. The molecule has 1 fully saturated rings. The van der Waals surface area contributed by atoms with Crippen molar-refractivity contribution in [1.82, 2.24) is 20.6 Å². The quantitative estimate of drug-likeness (QED) is 0.109. The Bertz CT molecular complexity index is 1700. The molecule has 1 aliphatic rings. The van der Waals surface area contributed by atoms with Gasteiger partial charge in [-0.25, -0.2) is 9.97 Å². The van der Waals surface area contributed by atoms with E-state index in [1.807, 2.05) is 73.1 Å². The SMILES string of the molecule is C=C(O)CCNC(=C)[C@H](Cc1ccc(-c2ncc(-c3ccc(OCCC4CCCCC4)cc3)cn2)cc1)NC(=O)c1ccc(C(C)(C)C)cc1. The van der Waals surface area contributed by atoms with Crippen molar-refractivity contribution < 1.29 is 14.6 Å². The Balaban J connectivity index is 1.19. The van der Waals surface area contributed by atoms with E-state index in [-0.39, 0.29) is 23.1 Å². The van der Waals surface area contributed by atoms with Crippen molar-refractivity contribution >= 4 is 5.91 Å². The molecule has 0 saturated heterocycles. The van der Waals surface area contributed by atoms with Gasteiger partial charge in [-0.2, -0.15) is 0 Å². The van der Waals surface area contributed by atoms with Crippen molar-refractivity contribution in [2.75, 3.05) is 13.2 Å². The number of carbonyl (C=O) groups is 1. The van der Waals surface area contributed by atoms with E-state index in [0.717, 1.165) is 46.9 Å². The van der Waals surface area contributed by atoms with Crippen LogP contribution in [0.25, 0.3) is 22.5 Å². The molecular formula is C43H52N4O3. The largest absolute Gasteiger partial charge is 0.513 e. The van der Waals surface area contributed by atoms with Crippen LogP contribution in [0.3, 0.4) is 0 Å². The molecule has 1 aliphatic carbocycles. The smallest absolute Gasteiger partial charge is 0.251 e. The lowest BCUT2D eigenvalue weighted by Gasteiger charge is -2.23. The van der Waals surface area contributed by atoms with Gasteiger partial charge in [-0.15, -0.1) is 0 Å². The van der Waals surface area contributed by atoms with Crippen LogP contribution in [-0.4, -0.2) is 40.2 Å². The molecule has 1 atom stereocenters. The Labute approximate surface area is 297 Å². The molecule has 1 heterocycles. The number of nitrogens with one attached hydrogen (secondary N) is 2. The number of aliphatic hydroxyl groups is 1. The van der Waals surface area contributed by atoms with Crippen molar-refractivity contribution in [2.45, 2.75) is 83.6 Å². The Morgan fingerprint density at radius 1 is 0.880 bits per heavy atom. The van der Waals surface area contributed by atoms with Gasteiger partial charge in [0.15, 0.2) is 5.82 Å². The molecule has 0 unspecified atom stereocenters. The lowest BCUT2D eigenvalue weighted by molar-refractivity contribution is 0.0941. The maximum absolute atomic E-state index is 13.3. The monoisotopic (exact) mass is 672 g/mol. The molecule has 50 heavy (non-hydrogen) atoms. The fourth-order valence-electron chi connectivity index (χ4n) is 6.33. The molecule has 1 saturated carbocycles. The minimum atomic E-state index is -0.383. The highest BCUT2D eigenvalue weighted by Gasteiger charge is 2.20. The highest BCUT2D eigenvalue weighted by molar-refractivity contribution is 5.94. The number of nitrogens with zero attached hydrogens (tertiary/aromatic N) is 2. The summed E-state index contributed by atoms with van der Waals surface area (Å²) in [6.07, 6.45) is 12.5. The van der Waals surface area contributed by atoms with Gasteiger partial charge in [0.05, 0.1) is 18.4 Å². The number of hydrogen-bond donors (Lipinski definition) is 3. The van der Waals surface area contributed by atoms with E-state index in [1.54, 1.807) is 0 Å². The first-order chi connectivity index (χ1) is 24.0. The molecule has 7 nitrogen and oxygen atoms in total. The second kappa shape index (κ2) is 17.1. The lowest BCUT2D eigenvalue weighted by Crippen LogP contribution is -2.41. The fourth-order valence-corrected chi connectivity index (χ4v) is 6.33. The first-order valence-corrected chi connectivity index (χ1v) is 17.9. The molecule has 4 aromatic rings. The molecular weight excluding hydrogens is 620 g/mol. The summed E-state index contributed by atoms with van der Waals surface area (Å²) in [7, 11) is 0. The molecule has 5 rings (SSSR count). The van der Waals surface area contributed by atoms with Gasteiger partial charge in [-0.05, 0) is 65.1 Å². The molecule has 3 N–H and O–H groups in total. The summed E-state index contributed by atoms with van der Waals surface area (Å²) in [5.74, 6) is 2.27. The number of aromatic nitrogens is 2. The molecule has 0 spiro atoms. The fraction of sp³-hybridized carbons (Fsp3) is 0.372. The van der Waals surface area contributed by atoms with Crippen molar-refractivity contribution in [3.8, 4) is 28.3 Å². The van der Waals surface area contributed by atoms with Crippen molar-refractivity contribution in [3.05, 3.63) is 126 Å². The third kappa shape index (κ3) is 10.5. The van der Waals surface area contributed by atoms with Gasteiger partial charge >= 0.3 is 0 Å². The van der Waals surface area contributed by atoms with Crippen molar-refractivity contribution in [1.29, 1.82) is 0 Å². The van der Waals surface area contributed by atoms with Crippen LogP contribution in [0.4, 0.5) is 0 Å². The van der Waals surface area contributed by atoms with Crippen LogP contribution in [0, 0.1) is 5.92 Å². The Morgan fingerprint density at radius 2 is 1.52 bits per heavy atom. The zero-order valence-corrected chi connectivity index (χ0v) is 29.9. The van der Waals surface area contributed by atoms with Crippen LogP contribution in [0.1, 0.15) is 87.2 Å². The van der Waals surface area contributed by atoms with Gasteiger partial charge in [0.25, 0.3) is 5.91 Å². The molecule has 262 valence electrons. The molecule has 3 aromatic carbocycles. The zero-order chi connectivity index (χ0) is 35.5. The summed E-state index contributed by atoms with van der Waals surface area (Å²) in [5, 5.41) is 15.9. The highest BCUT2D eigenvalue weighted by Crippen LogP contribution is 2.28. The standard InChI is InChI=1S/C43H52N4O3/c1-30(48)23-25-44-31(2)40(47-42(49)36-15-19-38(20-16-36)43(3,4)5)27-33-11-13-35(14-12-33)41-45-28-37(29-46-41)34-17-21-39(22-18-34)50-26-24-32-9-7-6-8-10-32/h11-22,28-29,32,40,44,48H,1-2,6-10,23-27H2,3-5H3,(H,47,49)/t40-/m0/s1. The summed E-state index contributed by atoms with van der Waals surface area (Å²) in [4.78, 5) is 22.6. The summed E-state index contributed by atoms with van der Waals surface area (Å²) in [6, 6.07) is 23.6. The average Bonchev–Trinajstić information content (AvgIpc) is 3.12. The second-order valence-electron chi connectivity index (χ2n) is 14.5. The van der Waals surface area contributed by atoms with E-state index in [2.05, 4.69) is 66.7 Å². The van der Waals surface area contributed by atoms with E-state index < -0.39 is 0 Å². The number of hydrogen-bond acceptors (Lipinski definition) is 6. The first-order valence-electron chi connectivity index (χ1n) is 17.9. The maximum atomic E-state index is 13.3. The molecule has 1 aromatic heterocycles. The van der Waals surface area contributed by atoms with Crippen LogP contribution < -0.4 is 15.4 Å². The summed E-state index contributed by atoms with van der Waals surface area (Å²) < 4.78 is 6.03. The van der Waals surface area contributed by atoms with Crippen LogP contribution in [0.15, 0.2) is 110 Å². The molecule has 0 radical (unpaired) electrons. The third-order valence-corrected chi connectivity index (χ3v) is 9.52. The van der Waals surface area contributed by atoms with Gasteiger partial charge < -0.3 is 20.5 Å². The Morgan fingerprint density at radius 3 is 2.14 bits per heavy atom. The number of amides is 1. The van der Waals surface area contributed by atoms with Crippen LogP contribution in [-0.2, 0) is 11.8 Å². The lowest BCUT2D eigenvalue weighted by atomic mass is 9.86. The van der Waals surface area contributed by atoms with E-state index in [4.69, 9.17) is 4.74 Å². The van der Waals surface area contributed by atoms with Gasteiger partial charge in [0.2, 0.25) is 0 Å². The summed E-state index contributed by atoms with van der Waals surface area (Å²) in [6.45, 7) is 15.4. The van der Waals surface area contributed by atoms with Crippen molar-refractivity contribution in [2.24, 2.45) is 5.92 Å². The van der Waals surface area contributed by atoms with E-state index in [9.17, 15) is 9.90 Å². The second-order valence-corrected chi connectivity index (χ2v) is 14.5. The molecule has 1 amide bonds.